The summed E-state index contributed by atoms with van der Waals surface area (Å²) in [4.78, 5) is 2.61. The molecule has 1 aliphatic heterocycles. The molecule has 2 rings (SSSR count). The number of hydrogen-bond donors (Lipinski definition) is 2. The van der Waals surface area contributed by atoms with E-state index >= 15 is 0 Å². The second kappa shape index (κ2) is 6.38. The van der Waals surface area contributed by atoms with Gasteiger partial charge in [0.05, 0.1) is 0 Å². The number of likely N-dealkylation sites (tertiary alicyclic amines) is 1. The van der Waals surface area contributed by atoms with E-state index in [1.165, 1.54) is 50.3 Å². The molecule has 5 heteroatoms. The van der Waals surface area contributed by atoms with Crippen molar-refractivity contribution in [1.82, 2.24) is 9.27 Å². The van der Waals surface area contributed by atoms with Crippen molar-refractivity contribution in [2.45, 2.75) is 45.6 Å². The van der Waals surface area contributed by atoms with Gasteiger partial charge in [-0.15, -0.1) is 0 Å². The molecule has 1 unspecified atom stereocenters. The van der Waals surface area contributed by atoms with Gasteiger partial charge in [-0.2, -0.15) is 4.37 Å². The summed E-state index contributed by atoms with van der Waals surface area (Å²) in [6.45, 7) is 7.84. The van der Waals surface area contributed by atoms with Crippen LogP contribution in [0.4, 0.5) is 10.8 Å². The fraction of sp³-hybridized carbons (Fsp3) is 0.769. The average Bonchev–Trinajstić information content (AvgIpc) is 2.68. The van der Waals surface area contributed by atoms with E-state index in [2.05, 4.69) is 21.5 Å². The zero-order valence-electron chi connectivity index (χ0n) is 11.4. The molecule has 0 saturated carbocycles. The lowest BCUT2D eigenvalue weighted by Crippen LogP contribution is -2.38. The van der Waals surface area contributed by atoms with E-state index < -0.39 is 0 Å². The van der Waals surface area contributed by atoms with E-state index in [9.17, 15) is 0 Å². The fourth-order valence-electron chi connectivity index (χ4n) is 2.49. The highest BCUT2D eigenvalue weighted by molar-refractivity contribution is 7.10. The van der Waals surface area contributed by atoms with Gasteiger partial charge in [-0.1, -0.05) is 6.42 Å². The molecular formula is C13H24N4S. The Morgan fingerprint density at radius 1 is 1.50 bits per heavy atom. The third kappa shape index (κ3) is 3.36. The maximum atomic E-state index is 5.73. The van der Waals surface area contributed by atoms with Crippen LogP contribution in [0.1, 0.15) is 38.2 Å². The van der Waals surface area contributed by atoms with Gasteiger partial charge in [-0.05, 0) is 51.2 Å². The van der Waals surface area contributed by atoms with Crippen LogP contribution in [0, 0.1) is 6.92 Å². The van der Waals surface area contributed by atoms with Gasteiger partial charge in [0.25, 0.3) is 0 Å². The van der Waals surface area contributed by atoms with Crippen LogP contribution in [0.5, 0.6) is 0 Å². The zero-order chi connectivity index (χ0) is 13.0. The smallest absolute Gasteiger partial charge is 0.142 e. The molecule has 4 nitrogen and oxygen atoms in total. The standard InChI is InChI=1S/C13H24N4S/c1-10-6-3-4-8-17(10)9-5-7-15-13-11(2)12(14)16-18-13/h10,15H,3-9H2,1-2H3,(H2,14,16). The van der Waals surface area contributed by atoms with Crippen molar-refractivity contribution >= 4 is 22.4 Å². The first-order chi connectivity index (χ1) is 8.68. The van der Waals surface area contributed by atoms with Gasteiger partial charge in [-0.3, -0.25) is 0 Å². The number of hydrogen-bond acceptors (Lipinski definition) is 5. The van der Waals surface area contributed by atoms with Crippen molar-refractivity contribution in [3.05, 3.63) is 5.56 Å². The minimum Gasteiger partial charge on any atom is -0.383 e. The number of piperidine rings is 1. The zero-order valence-corrected chi connectivity index (χ0v) is 12.2. The summed E-state index contributed by atoms with van der Waals surface area (Å²) in [6, 6.07) is 0.763. The topological polar surface area (TPSA) is 54.2 Å². The summed E-state index contributed by atoms with van der Waals surface area (Å²) < 4.78 is 4.14. The molecule has 1 saturated heterocycles. The molecule has 1 aromatic heterocycles. The first-order valence-electron chi connectivity index (χ1n) is 6.88. The van der Waals surface area contributed by atoms with Gasteiger partial charge in [0.1, 0.15) is 10.8 Å². The molecule has 0 aliphatic carbocycles. The Morgan fingerprint density at radius 2 is 2.33 bits per heavy atom. The Hall–Kier alpha value is -0.810. The minimum absolute atomic E-state index is 0.659. The molecule has 3 N–H and O–H groups in total. The molecular weight excluding hydrogens is 244 g/mol. The van der Waals surface area contributed by atoms with Crippen LogP contribution >= 0.6 is 11.5 Å². The molecule has 1 atom stereocenters. The number of nitrogen functional groups attached to an aromatic ring is 1. The number of anilines is 2. The maximum Gasteiger partial charge on any atom is 0.142 e. The van der Waals surface area contributed by atoms with Crippen LogP contribution in [0.3, 0.4) is 0 Å². The van der Waals surface area contributed by atoms with Gasteiger partial charge in [0, 0.05) is 24.7 Å². The molecule has 102 valence electrons. The summed E-state index contributed by atoms with van der Waals surface area (Å²) >= 11 is 1.46. The Morgan fingerprint density at radius 3 is 3.00 bits per heavy atom. The van der Waals surface area contributed by atoms with E-state index in [4.69, 9.17) is 5.73 Å². The molecule has 0 aromatic carbocycles. The second-order valence-corrected chi connectivity index (χ2v) is 5.96. The molecule has 0 spiro atoms. The minimum atomic E-state index is 0.659. The molecule has 2 heterocycles. The molecule has 18 heavy (non-hydrogen) atoms. The first kappa shape index (κ1) is 13.6. The van der Waals surface area contributed by atoms with Crippen molar-refractivity contribution in [3.63, 3.8) is 0 Å². The summed E-state index contributed by atoms with van der Waals surface area (Å²) in [6.07, 6.45) is 5.30. The normalized spacial score (nSPS) is 21.1. The summed E-state index contributed by atoms with van der Waals surface area (Å²) in [5.41, 5.74) is 6.82. The predicted octanol–water partition coefficient (Wildman–Crippen LogP) is 2.71. The van der Waals surface area contributed by atoms with Crippen molar-refractivity contribution in [2.24, 2.45) is 0 Å². The summed E-state index contributed by atoms with van der Waals surface area (Å²) in [5.74, 6) is 0.659. The van der Waals surface area contributed by atoms with Crippen LogP contribution in [-0.2, 0) is 0 Å². The van der Waals surface area contributed by atoms with Crippen LogP contribution in [0.2, 0.25) is 0 Å². The Bertz CT molecular complexity index is 377. The molecule has 1 aromatic rings. The lowest BCUT2D eigenvalue weighted by Gasteiger charge is -2.33. The highest BCUT2D eigenvalue weighted by atomic mass is 32.1. The molecule has 0 radical (unpaired) electrons. The largest absolute Gasteiger partial charge is 0.383 e. The number of nitrogens with one attached hydrogen (secondary N) is 1. The van der Waals surface area contributed by atoms with Crippen LogP contribution in [0.25, 0.3) is 0 Å². The van der Waals surface area contributed by atoms with E-state index in [1.54, 1.807) is 0 Å². The lowest BCUT2D eigenvalue weighted by atomic mass is 10.0. The summed E-state index contributed by atoms with van der Waals surface area (Å²) in [5, 5.41) is 4.56. The highest BCUT2D eigenvalue weighted by Gasteiger charge is 2.17. The number of nitrogens with zero attached hydrogens (tertiary/aromatic N) is 2. The average molecular weight is 268 g/mol. The van der Waals surface area contributed by atoms with Crippen molar-refractivity contribution in [2.75, 3.05) is 30.7 Å². The van der Waals surface area contributed by atoms with Crippen LogP contribution in [-0.4, -0.2) is 34.9 Å². The number of nitrogens with two attached hydrogens (primary N) is 1. The maximum absolute atomic E-state index is 5.73. The fourth-order valence-corrected chi connectivity index (χ4v) is 3.22. The number of rotatable bonds is 5. The van der Waals surface area contributed by atoms with Gasteiger partial charge < -0.3 is 16.0 Å². The van der Waals surface area contributed by atoms with E-state index in [0.29, 0.717) is 5.82 Å². The summed E-state index contributed by atoms with van der Waals surface area (Å²) in [7, 11) is 0. The van der Waals surface area contributed by atoms with Crippen molar-refractivity contribution < 1.29 is 0 Å². The van der Waals surface area contributed by atoms with E-state index in [1.807, 2.05) is 6.92 Å². The predicted molar refractivity (Wildman–Crippen MR) is 79.3 cm³/mol. The lowest BCUT2D eigenvalue weighted by molar-refractivity contribution is 0.160. The molecule has 1 fully saturated rings. The van der Waals surface area contributed by atoms with Gasteiger partial charge >= 0.3 is 0 Å². The highest BCUT2D eigenvalue weighted by Crippen LogP contribution is 2.25. The molecule has 1 aliphatic rings. The second-order valence-electron chi connectivity index (χ2n) is 5.18. The third-order valence-electron chi connectivity index (χ3n) is 3.81. The van der Waals surface area contributed by atoms with Crippen molar-refractivity contribution in [1.29, 1.82) is 0 Å². The van der Waals surface area contributed by atoms with E-state index in [-0.39, 0.29) is 0 Å². The van der Waals surface area contributed by atoms with E-state index in [0.717, 1.165) is 23.2 Å². The number of aromatic nitrogens is 1. The first-order valence-corrected chi connectivity index (χ1v) is 7.65. The third-order valence-corrected chi connectivity index (χ3v) is 4.73. The molecule has 0 bridgehead atoms. The van der Waals surface area contributed by atoms with Gasteiger partial charge in [0.15, 0.2) is 0 Å². The quantitative estimate of drug-likeness (QED) is 0.806. The van der Waals surface area contributed by atoms with Crippen LogP contribution < -0.4 is 11.1 Å². The SMILES string of the molecule is Cc1c(N)nsc1NCCCN1CCCCC1C. The Kier molecular flexibility index (Phi) is 4.83. The molecule has 0 amide bonds. The van der Waals surface area contributed by atoms with Gasteiger partial charge in [-0.25, -0.2) is 0 Å². The van der Waals surface area contributed by atoms with Crippen molar-refractivity contribution in [3.8, 4) is 0 Å². The Balaban J connectivity index is 1.68. The monoisotopic (exact) mass is 268 g/mol. The van der Waals surface area contributed by atoms with Crippen LogP contribution in [0.15, 0.2) is 0 Å². The Labute approximate surface area is 114 Å². The van der Waals surface area contributed by atoms with Gasteiger partial charge in [0.2, 0.25) is 0 Å².